The second-order valence-electron chi connectivity index (χ2n) is 14.1. The molecule has 0 spiro atoms. The summed E-state index contributed by atoms with van der Waals surface area (Å²) < 4.78 is 4.55. The predicted octanol–water partition coefficient (Wildman–Crippen LogP) is 12.7. The molecule has 8 aromatic carbocycles. The van der Waals surface area contributed by atoms with Gasteiger partial charge in [0.2, 0.25) is 5.95 Å². The summed E-state index contributed by atoms with van der Waals surface area (Å²) in [6.07, 6.45) is 0. The minimum Gasteiger partial charge on any atom is -0.308 e. The fraction of sp³-hybridized carbons (Fsp3) is 0. The summed E-state index contributed by atoms with van der Waals surface area (Å²) in [4.78, 5) is 15.9. The Bertz CT molecular complexity index is 3180. The molecule has 0 saturated heterocycles. The average Bonchev–Trinajstić information content (AvgIpc) is 3.79. The van der Waals surface area contributed by atoms with Gasteiger partial charge in [0.15, 0.2) is 11.6 Å². The molecule has 11 aromatic rings. The number of benzene rings is 8. The molecule has 0 N–H and O–H groups in total. The van der Waals surface area contributed by atoms with Crippen LogP contribution in [0.3, 0.4) is 0 Å². The summed E-state index contributed by atoms with van der Waals surface area (Å²) >= 11 is 0. The number of para-hydroxylation sites is 3. The van der Waals surface area contributed by atoms with Gasteiger partial charge in [-0.2, -0.15) is 9.97 Å². The maximum absolute atomic E-state index is 5.39. The first-order chi connectivity index (χ1) is 27.8. The first kappa shape index (κ1) is 31.9. The van der Waals surface area contributed by atoms with Gasteiger partial charge in [0.05, 0.1) is 27.8 Å². The molecule has 56 heavy (non-hydrogen) atoms. The molecule has 11 rings (SSSR count). The van der Waals surface area contributed by atoms with Crippen LogP contribution in [0.1, 0.15) is 0 Å². The van der Waals surface area contributed by atoms with Crippen molar-refractivity contribution in [2.75, 3.05) is 0 Å². The number of hydrogen-bond donors (Lipinski definition) is 0. The zero-order valence-electron chi connectivity index (χ0n) is 30.3. The summed E-state index contributed by atoms with van der Waals surface area (Å²) in [5, 5.41) is 4.67. The van der Waals surface area contributed by atoms with E-state index in [9.17, 15) is 0 Å². The predicted molar refractivity (Wildman–Crippen MR) is 230 cm³/mol. The average molecular weight is 716 g/mol. The van der Waals surface area contributed by atoms with Crippen LogP contribution < -0.4 is 0 Å². The number of nitrogens with zero attached hydrogens (tertiary/aromatic N) is 5. The number of rotatable bonds is 6. The van der Waals surface area contributed by atoms with Crippen LogP contribution in [0.5, 0.6) is 0 Å². The first-order valence-corrected chi connectivity index (χ1v) is 18.9. The molecule has 0 radical (unpaired) electrons. The van der Waals surface area contributed by atoms with Gasteiger partial charge in [0.25, 0.3) is 0 Å². The standard InChI is InChI=1S/C51H33N5/c1-4-16-34(17-5-1)37-29-31-47-43(32-37)41-24-12-13-25-44(41)55(47)48-33-38(35-18-6-2-7-19-35)28-30-42(48)50-52-49(36-20-8-3-9-21-36)53-51(54-50)56-45-26-14-10-22-39(45)40-23-11-15-27-46(40)56/h1-33H. The van der Waals surface area contributed by atoms with E-state index in [2.05, 4.69) is 191 Å². The Labute approximate surface area is 323 Å². The van der Waals surface area contributed by atoms with Gasteiger partial charge < -0.3 is 4.57 Å². The third kappa shape index (κ3) is 5.21. The summed E-state index contributed by atoms with van der Waals surface area (Å²) in [6, 6.07) is 70.4. The molecule has 5 nitrogen and oxygen atoms in total. The van der Waals surface area contributed by atoms with E-state index in [1.165, 1.54) is 21.9 Å². The van der Waals surface area contributed by atoms with Crippen LogP contribution in [-0.4, -0.2) is 24.1 Å². The summed E-state index contributed by atoms with van der Waals surface area (Å²) in [6.45, 7) is 0. The molecule has 0 saturated carbocycles. The Hall–Kier alpha value is -7.63. The quantitative estimate of drug-likeness (QED) is 0.172. The second kappa shape index (κ2) is 13.0. The minimum absolute atomic E-state index is 0.569. The van der Waals surface area contributed by atoms with Crippen LogP contribution in [0.15, 0.2) is 200 Å². The number of fused-ring (bicyclic) bond motifs is 6. The van der Waals surface area contributed by atoms with Gasteiger partial charge >= 0.3 is 0 Å². The molecular formula is C51H33N5. The van der Waals surface area contributed by atoms with E-state index in [4.69, 9.17) is 15.0 Å². The molecule has 262 valence electrons. The van der Waals surface area contributed by atoms with Crippen LogP contribution in [-0.2, 0) is 0 Å². The highest BCUT2D eigenvalue weighted by Gasteiger charge is 2.22. The highest BCUT2D eigenvalue weighted by atomic mass is 15.2. The van der Waals surface area contributed by atoms with Crippen molar-refractivity contribution in [1.82, 2.24) is 24.1 Å². The van der Waals surface area contributed by atoms with E-state index in [1.54, 1.807) is 0 Å². The van der Waals surface area contributed by atoms with E-state index in [1.807, 2.05) is 18.2 Å². The molecule has 0 atom stereocenters. The maximum atomic E-state index is 5.39. The van der Waals surface area contributed by atoms with Crippen molar-refractivity contribution in [3.05, 3.63) is 200 Å². The van der Waals surface area contributed by atoms with Crippen LogP contribution >= 0.6 is 0 Å². The smallest absolute Gasteiger partial charge is 0.238 e. The summed E-state index contributed by atoms with van der Waals surface area (Å²) in [7, 11) is 0. The molecule has 0 aliphatic rings. The van der Waals surface area contributed by atoms with E-state index in [-0.39, 0.29) is 0 Å². The maximum Gasteiger partial charge on any atom is 0.238 e. The van der Waals surface area contributed by atoms with Gasteiger partial charge in [0, 0.05) is 32.7 Å². The monoisotopic (exact) mass is 715 g/mol. The lowest BCUT2D eigenvalue weighted by atomic mass is 10.0. The zero-order chi connectivity index (χ0) is 37.0. The minimum atomic E-state index is 0.569. The molecule has 0 bridgehead atoms. The largest absolute Gasteiger partial charge is 0.308 e. The van der Waals surface area contributed by atoms with Crippen molar-refractivity contribution in [2.45, 2.75) is 0 Å². The Morgan fingerprint density at radius 2 is 0.732 bits per heavy atom. The fourth-order valence-electron chi connectivity index (χ4n) is 8.20. The lowest BCUT2D eigenvalue weighted by molar-refractivity contribution is 0.952. The van der Waals surface area contributed by atoms with Gasteiger partial charge in [-0.15, -0.1) is 0 Å². The zero-order valence-corrected chi connectivity index (χ0v) is 30.3. The van der Waals surface area contributed by atoms with Gasteiger partial charge in [-0.25, -0.2) is 4.98 Å². The Balaban J connectivity index is 1.22. The molecule has 0 unspecified atom stereocenters. The lowest BCUT2D eigenvalue weighted by Gasteiger charge is -2.17. The first-order valence-electron chi connectivity index (χ1n) is 18.9. The molecule has 0 amide bonds. The number of hydrogen-bond acceptors (Lipinski definition) is 3. The Morgan fingerprint density at radius 3 is 1.34 bits per heavy atom. The molecule has 0 fully saturated rings. The summed E-state index contributed by atoms with van der Waals surface area (Å²) in [5.74, 6) is 1.77. The van der Waals surface area contributed by atoms with E-state index in [0.717, 1.165) is 60.8 Å². The third-order valence-electron chi connectivity index (χ3n) is 10.8. The van der Waals surface area contributed by atoms with Crippen LogP contribution in [0.4, 0.5) is 0 Å². The molecule has 0 aliphatic heterocycles. The van der Waals surface area contributed by atoms with Crippen LogP contribution in [0.25, 0.3) is 100 Å². The Morgan fingerprint density at radius 1 is 0.286 bits per heavy atom. The van der Waals surface area contributed by atoms with Gasteiger partial charge in [0.1, 0.15) is 0 Å². The van der Waals surface area contributed by atoms with E-state index < -0.39 is 0 Å². The van der Waals surface area contributed by atoms with Crippen molar-refractivity contribution >= 4 is 43.6 Å². The van der Waals surface area contributed by atoms with E-state index >= 15 is 0 Å². The van der Waals surface area contributed by atoms with Crippen molar-refractivity contribution in [3.63, 3.8) is 0 Å². The molecule has 3 heterocycles. The second-order valence-corrected chi connectivity index (χ2v) is 14.1. The van der Waals surface area contributed by atoms with Crippen LogP contribution in [0.2, 0.25) is 0 Å². The third-order valence-corrected chi connectivity index (χ3v) is 10.8. The topological polar surface area (TPSA) is 48.5 Å². The molecule has 5 heteroatoms. The summed E-state index contributed by atoms with van der Waals surface area (Å²) in [5.41, 5.74) is 11.7. The van der Waals surface area contributed by atoms with Crippen molar-refractivity contribution in [1.29, 1.82) is 0 Å². The van der Waals surface area contributed by atoms with Crippen molar-refractivity contribution < 1.29 is 0 Å². The molecular weight excluding hydrogens is 683 g/mol. The SMILES string of the molecule is c1ccc(-c2ccc(-c3nc(-c4ccccc4)nc(-n4c5ccccc5c5ccccc54)n3)c(-n3c4ccccc4c4cc(-c5ccccc5)ccc43)c2)cc1. The fourth-order valence-corrected chi connectivity index (χ4v) is 8.20. The highest BCUT2D eigenvalue weighted by Crippen LogP contribution is 2.40. The van der Waals surface area contributed by atoms with Gasteiger partial charge in [-0.1, -0.05) is 158 Å². The van der Waals surface area contributed by atoms with Crippen molar-refractivity contribution in [3.8, 4) is 56.7 Å². The van der Waals surface area contributed by atoms with Gasteiger partial charge in [-0.05, 0) is 64.7 Å². The Kier molecular flexibility index (Phi) is 7.42. The molecule has 0 aliphatic carbocycles. The normalized spacial score (nSPS) is 11.6. The van der Waals surface area contributed by atoms with Crippen molar-refractivity contribution in [2.24, 2.45) is 0 Å². The van der Waals surface area contributed by atoms with E-state index in [0.29, 0.717) is 17.6 Å². The van der Waals surface area contributed by atoms with Crippen LogP contribution in [0, 0.1) is 0 Å². The lowest BCUT2D eigenvalue weighted by Crippen LogP contribution is -2.08. The number of aromatic nitrogens is 5. The molecule has 3 aromatic heterocycles. The van der Waals surface area contributed by atoms with Gasteiger partial charge in [-0.3, -0.25) is 4.57 Å². The highest BCUT2D eigenvalue weighted by molar-refractivity contribution is 6.11.